The van der Waals surface area contributed by atoms with Crippen LogP contribution in [0.2, 0.25) is 0 Å². The van der Waals surface area contributed by atoms with E-state index in [1.165, 1.54) is 100 Å². The molecular weight excluding hydrogens is 888 g/mol. The van der Waals surface area contributed by atoms with E-state index in [2.05, 4.69) is 218 Å². The van der Waals surface area contributed by atoms with Crippen molar-refractivity contribution in [3.63, 3.8) is 0 Å². The highest BCUT2D eigenvalue weighted by Gasteiger charge is 2.50. The number of benzene rings is 9. The molecule has 0 fully saturated rings. The normalized spacial score (nSPS) is 16.7. The van der Waals surface area contributed by atoms with Crippen LogP contribution in [0.4, 0.5) is 28.4 Å². The van der Waals surface area contributed by atoms with E-state index in [0.717, 1.165) is 46.9 Å². The van der Waals surface area contributed by atoms with Crippen LogP contribution in [0.1, 0.15) is 109 Å². The summed E-state index contributed by atoms with van der Waals surface area (Å²) >= 11 is 0. The molecular formula is C68H61BN2O2. The third kappa shape index (κ3) is 6.27. The summed E-state index contributed by atoms with van der Waals surface area (Å²) in [6, 6.07) is 61.7. The number of hydrogen-bond acceptors (Lipinski definition) is 4. The van der Waals surface area contributed by atoms with E-state index >= 15 is 0 Å². The lowest BCUT2D eigenvalue weighted by molar-refractivity contribution is 0.332. The summed E-state index contributed by atoms with van der Waals surface area (Å²) in [6.45, 7) is 23.6. The molecule has 0 aromatic heterocycles. The van der Waals surface area contributed by atoms with Crippen LogP contribution in [-0.2, 0) is 21.7 Å². The first-order valence-electron chi connectivity index (χ1n) is 26.4. The van der Waals surface area contributed by atoms with Gasteiger partial charge in [-0.2, -0.15) is 0 Å². The van der Waals surface area contributed by atoms with E-state index in [9.17, 15) is 0 Å². The quantitative estimate of drug-likeness (QED) is 0.165. The van der Waals surface area contributed by atoms with Crippen LogP contribution in [0.3, 0.4) is 0 Å². The Morgan fingerprint density at radius 2 is 1.14 bits per heavy atom. The molecule has 0 radical (unpaired) electrons. The minimum absolute atomic E-state index is 0.00725. The second kappa shape index (κ2) is 15.0. The Morgan fingerprint density at radius 3 is 1.88 bits per heavy atom. The van der Waals surface area contributed by atoms with Crippen LogP contribution in [0, 0.1) is 6.92 Å². The summed E-state index contributed by atoms with van der Waals surface area (Å²) in [7, 11) is 0. The fraction of sp³-hybridized carbons (Fsp3) is 0.235. The second-order valence-electron chi connectivity index (χ2n) is 24.4. The van der Waals surface area contributed by atoms with Gasteiger partial charge in [-0.1, -0.05) is 172 Å². The molecule has 0 saturated carbocycles. The van der Waals surface area contributed by atoms with Gasteiger partial charge in [-0.25, -0.2) is 0 Å². The molecule has 2 aliphatic carbocycles. The van der Waals surface area contributed by atoms with Gasteiger partial charge in [0.2, 0.25) is 0 Å². The number of fused-ring (bicyclic) bond motifs is 13. The summed E-state index contributed by atoms with van der Waals surface area (Å²) in [5.74, 6) is 2.87. The van der Waals surface area contributed by atoms with Gasteiger partial charge in [0.15, 0.2) is 23.0 Å². The molecule has 5 heteroatoms. The number of ether oxygens (including phenoxy) is 2. The Morgan fingerprint density at radius 1 is 0.493 bits per heavy atom. The van der Waals surface area contributed by atoms with Crippen LogP contribution >= 0.6 is 0 Å². The number of anilines is 5. The molecule has 0 bridgehead atoms. The molecule has 0 spiro atoms. The molecule has 0 amide bonds. The zero-order valence-corrected chi connectivity index (χ0v) is 43.8. The van der Waals surface area contributed by atoms with Gasteiger partial charge in [-0.3, -0.25) is 0 Å². The summed E-state index contributed by atoms with van der Waals surface area (Å²) in [5.41, 5.74) is 23.9. The van der Waals surface area contributed by atoms with Crippen LogP contribution in [0.5, 0.6) is 23.0 Å². The number of hydrogen-bond donors (Lipinski definition) is 0. The van der Waals surface area contributed by atoms with Crippen molar-refractivity contribution < 1.29 is 9.47 Å². The van der Waals surface area contributed by atoms with Crippen molar-refractivity contribution in [2.45, 2.75) is 104 Å². The fourth-order valence-electron chi connectivity index (χ4n) is 13.5. The van der Waals surface area contributed by atoms with E-state index < -0.39 is 0 Å². The minimum atomic E-state index is -0.279. The molecule has 3 aliphatic heterocycles. The van der Waals surface area contributed by atoms with E-state index in [1.807, 2.05) is 24.3 Å². The van der Waals surface area contributed by atoms with Gasteiger partial charge < -0.3 is 19.2 Å². The third-order valence-corrected chi connectivity index (χ3v) is 17.6. The molecule has 73 heavy (non-hydrogen) atoms. The van der Waals surface area contributed by atoms with E-state index in [1.54, 1.807) is 0 Å². The maximum Gasteiger partial charge on any atom is 0.333 e. The van der Waals surface area contributed by atoms with Crippen LogP contribution < -0.4 is 30.1 Å². The second-order valence-corrected chi connectivity index (χ2v) is 24.4. The number of nitrogens with zero attached hydrogens (tertiary/aromatic N) is 2. The molecule has 3 heterocycles. The van der Waals surface area contributed by atoms with Gasteiger partial charge >= 0.3 is 6.85 Å². The van der Waals surface area contributed by atoms with Crippen molar-refractivity contribution in [1.82, 2.24) is 0 Å². The molecule has 14 rings (SSSR count). The fourth-order valence-corrected chi connectivity index (χ4v) is 13.5. The molecule has 358 valence electrons. The largest absolute Gasteiger partial charge is 0.450 e. The molecule has 0 atom stereocenters. The van der Waals surface area contributed by atoms with Gasteiger partial charge in [-0.05, 0) is 156 Å². The van der Waals surface area contributed by atoms with Crippen LogP contribution in [0.15, 0.2) is 164 Å². The van der Waals surface area contributed by atoms with Crippen molar-refractivity contribution in [3.8, 4) is 56.4 Å². The van der Waals surface area contributed by atoms with Crippen molar-refractivity contribution in [1.29, 1.82) is 0 Å². The average molecular weight is 949 g/mol. The Balaban J connectivity index is 1.17. The van der Waals surface area contributed by atoms with Crippen molar-refractivity contribution in [3.05, 3.63) is 197 Å². The molecule has 4 nitrogen and oxygen atoms in total. The molecule has 5 aliphatic rings. The highest BCUT2D eigenvalue weighted by molar-refractivity contribution is 6.94. The lowest BCUT2D eigenvalue weighted by Gasteiger charge is -2.48. The van der Waals surface area contributed by atoms with Crippen molar-refractivity contribution in [2.24, 2.45) is 0 Å². The topological polar surface area (TPSA) is 24.9 Å². The molecule has 0 unspecified atom stereocenters. The predicted octanol–water partition coefficient (Wildman–Crippen LogP) is 17.4. The molecule has 9 aromatic rings. The lowest BCUT2D eigenvalue weighted by Crippen LogP contribution is -2.62. The third-order valence-electron chi connectivity index (χ3n) is 17.6. The average Bonchev–Trinajstić information content (AvgIpc) is 3.63. The smallest absolute Gasteiger partial charge is 0.333 e. The summed E-state index contributed by atoms with van der Waals surface area (Å²) in [5, 5.41) is 2.44. The molecule has 0 N–H and O–H groups in total. The maximum absolute atomic E-state index is 6.95. The van der Waals surface area contributed by atoms with Gasteiger partial charge in [-0.15, -0.1) is 0 Å². The summed E-state index contributed by atoms with van der Waals surface area (Å²) < 4.78 is 13.9. The first-order valence-corrected chi connectivity index (χ1v) is 26.4. The zero-order chi connectivity index (χ0) is 50.1. The van der Waals surface area contributed by atoms with E-state index in [-0.39, 0.29) is 28.5 Å². The highest BCUT2D eigenvalue weighted by Crippen LogP contribution is 2.60. The van der Waals surface area contributed by atoms with Crippen LogP contribution in [0.25, 0.3) is 44.2 Å². The van der Waals surface area contributed by atoms with Gasteiger partial charge in [0.05, 0.1) is 5.69 Å². The number of aryl methyl sites for hydroxylation is 1. The first kappa shape index (κ1) is 44.2. The van der Waals surface area contributed by atoms with Gasteiger partial charge in [0.25, 0.3) is 0 Å². The molecule has 9 aromatic carbocycles. The maximum atomic E-state index is 6.95. The van der Waals surface area contributed by atoms with Crippen molar-refractivity contribution in [2.75, 3.05) is 9.71 Å². The summed E-state index contributed by atoms with van der Waals surface area (Å²) in [4.78, 5) is 5.35. The standard InChI is InChI=1S/C68H61BN2O2/c1-40-34-50-51(67(7,8)33-32-66(50,5)6)37-55(40)70-56-39-60-59(72-57-26-18-19-27-58(57)73-60)38-52(56)69-63-47(35-42-22-14-15-23-44(42)64(63)70)62-54(31-29-49-61(62)45-24-16-17-25-48(45)68(49,9)10)71(69)53-30-28-43(65(2,3)4)36-46(53)41-20-12-11-13-21-41/h11-31,34-39H,32-33H2,1-10H3. The number of para-hydroxylation sites is 2. The SMILES string of the molecule is Cc1cc2c(cc1N1c3cc4c(cc3B3c5c(cc6ccccc6c51)-c1c(ccc5c1-c1ccccc1C5(C)C)N3c1ccc(C(C)(C)C)cc1-c1ccccc1)Oc1ccccc1O4)C(C)(C)CCC2(C)C. The monoisotopic (exact) mass is 948 g/mol. The number of rotatable bonds is 3. The predicted molar refractivity (Wildman–Crippen MR) is 306 cm³/mol. The minimum Gasteiger partial charge on any atom is -0.450 e. The zero-order valence-electron chi connectivity index (χ0n) is 43.8. The Kier molecular flexibility index (Phi) is 9.11. The molecule has 0 saturated heterocycles. The van der Waals surface area contributed by atoms with Crippen molar-refractivity contribution >= 4 is 57.0 Å². The van der Waals surface area contributed by atoms with E-state index in [0.29, 0.717) is 5.75 Å². The van der Waals surface area contributed by atoms with E-state index in [4.69, 9.17) is 9.47 Å². The Labute approximate surface area is 431 Å². The summed E-state index contributed by atoms with van der Waals surface area (Å²) in [6.07, 6.45) is 2.28. The highest BCUT2D eigenvalue weighted by atomic mass is 16.6. The van der Waals surface area contributed by atoms with Gasteiger partial charge in [0.1, 0.15) is 0 Å². The lowest BCUT2D eigenvalue weighted by atomic mass is 9.43. The Hall–Kier alpha value is -7.50. The first-order chi connectivity index (χ1) is 35.0. The van der Waals surface area contributed by atoms with Crippen LogP contribution in [-0.4, -0.2) is 6.85 Å². The Bertz CT molecular complexity index is 3860. The van der Waals surface area contributed by atoms with Gasteiger partial charge in [0, 0.05) is 50.7 Å².